The first-order valence-electron chi connectivity index (χ1n) is 8.95. The lowest BCUT2D eigenvalue weighted by atomic mass is 9.95. The number of halogens is 2. The summed E-state index contributed by atoms with van der Waals surface area (Å²) < 4.78 is 19.4. The minimum absolute atomic E-state index is 0.177. The van der Waals surface area contributed by atoms with Crippen molar-refractivity contribution in [2.75, 3.05) is 13.7 Å². The average molecular weight is 409 g/mol. The van der Waals surface area contributed by atoms with Crippen molar-refractivity contribution in [1.29, 1.82) is 0 Å². The van der Waals surface area contributed by atoms with Crippen LogP contribution < -0.4 is 5.32 Å². The maximum Gasteiger partial charge on any atom is 0.328 e. The van der Waals surface area contributed by atoms with Crippen molar-refractivity contribution >= 4 is 23.6 Å². The molecule has 1 aromatic carbocycles. The number of carbonyl (C=O) groups excluding carboxylic acids is 2. The summed E-state index contributed by atoms with van der Waals surface area (Å²) >= 11 is 6.08. The zero-order valence-corrected chi connectivity index (χ0v) is 16.6. The number of imidazole rings is 1. The number of rotatable bonds is 4. The smallest absolute Gasteiger partial charge is 0.328 e. The molecule has 1 aromatic heterocycles. The highest BCUT2D eigenvalue weighted by Crippen LogP contribution is 2.35. The number of hydrogen-bond acceptors (Lipinski definition) is 4. The van der Waals surface area contributed by atoms with Crippen molar-refractivity contribution in [3.05, 3.63) is 52.3 Å². The summed E-state index contributed by atoms with van der Waals surface area (Å²) in [5.74, 6) is -1.20. The van der Waals surface area contributed by atoms with Crippen molar-refractivity contribution < 1.29 is 18.7 Å². The number of esters is 1. The number of hydrogen-bond donors (Lipinski definition) is 2. The van der Waals surface area contributed by atoms with E-state index in [2.05, 4.69) is 15.3 Å². The molecule has 7 nitrogen and oxygen atoms in total. The van der Waals surface area contributed by atoms with Gasteiger partial charge in [-0.25, -0.2) is 19.0 Å². The van der Waals surface area contributed by atoms with E-state index in [1.54, 1.807) is 13.8 Å². The van der Waals surface area contributed by atoms with Crippen LogP contribution in [0.25, 0.3) is 0 Å². The Balaban J connectivity index is 1.98. The fraction of sp³-hybridized carbons (Fsp3) is 0.421. The van der Waals surface area contributed by atoms with Crippen LogP contribution in [-0.2, 0) is 16.0 Å². The molecule has 9 heteroatoms. The number of benzene rings is 1. The third-order valence-corrected chi connectivity index (χ3v) is 5.07. The van der Waals surface area contributed by atoms with Crippen LogP contribution in [0.2, 0.25) is 5.02 Å². The molecule has 2 N–H and O–H groups in total. The number of amides is 2. The van der Waals surface area contributed by atoms with Crippen molar-refractivity contribution in [3.63, 3.8) is 0 Å². The van der Waals surface area contributed by atoms with Crippen molar-refractivity contribution in [3.8, 4) is 0 Å². The molecule has 2 atom stereocenters. The first-order chi connectivity index (χ1) is 13.3. The van der Waals surface area contributed by atoms with Crippen LogP contribution >= 0.6 is 11.6 Å². The molecular formula is C19H22ClFN4O3. The van der Waals surface area contributed by atoms with Gasteiger partial charge in [0.05, 0.1) is 19.1 Å². The normalized spacial score (nSPS) is 17.2. The van der Waals surface area contributed by atoms with Crippen LogP contribution in [0.1, 0.15) is 36.8 Å². The standard InChI is InChI=1S/C19H22ClFN4O3/c1-10(2)15(18(26)28-3)24-19(27)25-7-6-14-16(23-9-22-14)17(25)12-8-11(20)4-5-13(12)21/h4-5,8-10,15,17H,6-7H2,1-3H3,(H,22,23)(H,24,27). The lowest BCUT2D eigenvalue weighted by Gasteiger charge is -2.36. The Morgan fingerprint density at radius 1 is 1.43 bits per heavy atom. The van der Waals surface area contributed by atoms with Gasteiger partial charge in [-0.05, 0) is 24.1 Å². The maximum atomic E-state index is 14.6. The Bertz CT molecular complexity index is 886. The van der Waals surface area contributed by atoms with E-state index in [1.165, 1.54) is 36.5 Å². The summed E-state index contributed by atoms with van der Waals surface area (Å²) in [6, 6.07) is 2.13. The molecule has 1 aliphatic heterocycles. The van der Waals surface area contributed by atoms with Crippen LogP contribution in [-0.4, -0.2) is 46.6 Å². The Labute approximate surface area is 167 Å². The van der Waals surface area contributed by atoms with Gasteiger partial charge in [0.2, 0.25) is 0 Å². The van der Waals surface area contributed by atoms with Gasteiger partial charge in [0.1, 0.15) is 17.9 Å². The van der Waals surface area contributed by atoms with E-state index in [-0.39, 0.29) is 11.5 Å². The number of carbonyl (C=O) groups is 2. The van der Waals surface area contributed by atoms with Crippen LogP contribution in [0.15, 0.2) is 24.5 Å². The lowest BCUT2D eigenvalue weighted by Crippen LogP contribution is -2.53. The van der Waals surface area contributed by atoms with Crippen LogP contribution in [0, 0.1) is 11.7 Å². The van der Waals surface area contributed by atoms with E-state index < -0.39 is 29.9 Å². The fourth-order valence-corrected chi connectivity index (χ4v) is 3.56. The number of nitrogens with zero attached hydrogens (tertiary/aromatic N) is 2. The first kappa shape index (κ1) is 20.1. The first-order valence-corrected chi connectivity index (χ1v) is 9.33. The Hall–Kier alpha value is -2.61. The zero-order valence-electron chi connectivity index (χ0n) is 15.8. The van der Waals surface area contributed by atoms with Gasteiger partial charge in [0.15, 0.2) is 0 Å². The third kappa shape index (κ3) is 3.82. The average Bonchev–Trinajstić information content (AvgIpc) is 3.15. The molecule has 0 bridgehead atoms. The zero-order chi connectivity index (χ0) is 20.4. The van der Waals surface area contributed by atoms with E-state index in [9.17, 15) is 14.0 Å². The predicted molar refractivity (Wildman–Crippen MR) is 101 cm³/mol. The summed E-state index contributed by atoms with van der Waals surface area (Å²) in [6.07, 6.45) is 2.05. The molecule has 2 amide bonds. The van der Waals surface area contributed by atoms with E-state index >= 15 is 0 Å². The second-order valence-electron chi connectivity index (χ2n) is 6.97. The van der Waals surface area contributed by atoms with Crippen molar-refractivity contribution in [2.24, 2.45) is 5.92 Å². The summed E-state index contributed by atoms with van der Waals surface area (Å²) in [5, 5.41) is 3.07. The topological polar surface area (TPSA) is 87.3 Å². The molecule has 3 rings (SSSR count). The third-order valence-electron chi connectivity index (χ3n) is 4.84. The van der Waals surface area contributed by atoms with Gasteiger partial charge in [-0.1, -0.05) is 25.4 Å². The number of urea groups is 1. The number of methoxy groups -OCH3 is 1. The van der Waals surface area contributed by atoms with E-state index in [0.29, 0.717) is 23.7 Å². The Morgan fingerprint density at radius 3 is 2.86 bits per heavy atom. The van der Waals surface area contributed by atoms with Gasteiger partial charge in [-0.15, -0.1) is 0 Å². The molecule has 0 fully saturated rings. The second-order valence-corrected chi connectivity index (χ2v) is 7.41. The van der Waals surface area contributed by atoms with E-state index in [4.69, 9.17) is 16.3 Å². The van der Waals surface area contributed by atoms with E-state index in [1.807, 2.05) is 0 Å². The van der Waals surface area contributed by atoms with Crippen LogP contribution in [0.4, 0.5) is 9.18 Å². The van der Waals surface area contributed by atoms with Crippen LogP contribution in [0.5, 0.6) is 0 Å². The quantitative estimate of drug-likeness (QED) is 0.761. The number of fused-ring (bicyclic) bond motifs is 1. The molecule has 2 aromatic rings. The minimum Gasteiger partial charge on any atom is -0.467 e. The van der Waals surface area contributed by atoms with Crippen molar-refractivity contribution in [2.45, 2.75) is 32.4 Å². The highest BCUT2D eigenvalue weighted by molar-refractivity contribution is 6.30. The monoisotopic (exact) mass is 408 g/mol. The van der Waals surface area contributed by atoms with Gasteiger partial charge >= 0.3 is 12.0 Å². The molecule has 0 saturated heterocycles. The molecule has 2 unspecified atom stereocenters. The van der Waals surface area contributed by atoms with Gasteiger partial charge in [-0.2, -0.15) is 0 Å². The number of ether oxygens (including phenoxy) is 1. The predicted octanol–water partition coefficient (Wildman–Crippen LogP) is 3.06. The molecule has 0 saturated carbocycles. The lowest BCUT2D eigenvalue weighted by molar-refractivity contribution is -0.144. The summed E-state index contributed by atoms with van der Waals surface area (Å²) in [5.41, 5.74) is 1.64. The fourth-order valence-electron chi connectivity index (χ4n) is 3.38. The van der Waals surface area contributed by atoms with Crippen LogP contribution in [0.3, 0.4) is 0 Å². The Morgan fingerprint density at radius 2 is 2.18 bits per heavy atom. The second kappa shape index (κ2) is 8.18. The molecule has 1 aliphatic rings. The summed E-state index contributed by atoms with van der Waals surface area (Å²) in [4.78, 5) is 33.9. The van der Waals surface area contributed by atoms with Gasteiger partial charge in [0, 0.05) is 29.2 Å². The highest BCUT2D eigenvalue weighted by atomic mass is 35.5. The number of aromatic amines is 1. The molecular weight excluding hydrogens is 387 g/mol. The maximum absolute atomic E-state index is 14.6. The van der Waals surface area contributed by atoms with Crippen molar-refractivity contribution in [1.82, 2.24) is 20.2 Å². The molecule has 0 spiro atoms. The largest absolute Gasteiger partial charge is 0.467 e. The van der Waals surface area contributed by atoms with Gasteiger partial charge < -0.3 is 19.9 Å². The number of aromatic nitrogens is 2. The van der Waals surface area contributed by atoms with E-state index in [0.717, 1.165) is 5.69 Å². The van der Waals surface area contributed by atoms with Gasteiger partial charge in [-0.3, -0.25) is 0 Å². The molecule has 28 heavy (non-hydrogen) atoms. The summed E-state index contributed by atoms with van der Waals surface area (Å²) in [6.45, 7) is 3.93. The molecule has 2 heterocycles. The Kier molecular flexibility index (Phi) is 5.88. The molecule has 0 radical (unpaired) electrons. The SMILES string of the molecule is COC(=O)C(NC(=O)N1CCc2[nH]cnc2C1c1cc(Cl)ccc1F)C(C)C. The molecule has 150 valence electrons. The summed E-state index contributed by atoms with van der Waals surface area (Å²) in [7, 11) is 1.27. The highest BCUT2D eigenvalue weighted by Gasteiger charge is 2.37. The number of H-pyrrole nitrogens is 1. The molecule has 0 aliphatic carbocycles. The van der Waals surface area contributed by atoms with Gasteiger partial charge in [0.25, 0.3) is 0 Å². The number of nitrogens with one attached hydrogen (secondary N) is 2. The minimum atomic E-state index is -0.817.